The normalized spacial score (nSPS) is 20.3. The highest BCUT2D eigenvalue weighted by Crippen LogP contribution is 2.23. The maximum Gasteiger partial charge on any atom is 0.326 e. The molecule has 3 rings (SSSR count). The Labute approximate surface area is 137 Å². The van der Waals surface area contributed by atoms with Gasteiger partial charge in [0.1, 0.15) is 6.04 Å². The molecule has 4 heteroatoms. The van der Waals surface area contributed by atoms with Crippen LogP contribution in [-0.4, -0.2) is 34.5 Å². The van der Waals surface area contributed by atoms with E-state index in [0.717, 1.165) is 19.3 Å². The van der Waals surface area contributed by atoms with Gasteiger partial charge < -0.3 is 10.0 Å². The Balaban J connectivity index is 1.51. The molecule has 2 aliphatic rings. The van der Waals surface area contributed by atoms with Gasteiger partial charge in [0.2, 0.25) is 5.91 Å². The first kappa shape index (κ1) is 16.0. The first-order chi connectivity index (χ1) is 11.1. The molecule has 1 aliphatic carbocycles. The van der Waals surface area contributed by atoms with Gasteiger partial charge in [-0.05, 0) is 68.1 Å². The largest absolute Gasteiger partial charge is 0.480 e. The number of aliphatic carboxylic acids is 1. The van der Waals surface area contributed by atoms with Crippen molar-refractivity contribution in [3.05, 3.63) is 34.9 Å². The molecule has 1 aromatic carbocycles. The van der Waals surface area contributed by atoms with Crippen LogP contribution < -0.4 is 0 Å². The van der Waals surface area contributed by atoms with Crippen LogP contribution in [0, 0.1) is 0 Å². The van der Waals surface area contributed by atoms with E-state index in [9.17, 15) is 9.59 Å². The number of benzene rings is 1. The summed E-state index contributed by atoms with van der Waals surface area (Å²) in [5.74, 6) is -0.876. The Kier molecular flexibility index (Phi) is 4.99. The van der Waals surface area contributed by atoms with Crippen molar-refractivity contribution in [3.8, 4) is 0 Å². The molecule has 124 valence electrons. The van der Waals surface area contributed by atoms with Crippen LogP contribution in [0.5, 0.6) is 0 Å². The molecular formula is C19H25NO3. The number of nitrogens with zero attached hydrogens (tertiary/aromatic N) is 1. The summed E-state index contributed by atoms with van der Waals surface area (Å²) >= 11 is 0. The molecule has 1 fully saturated rings. The maximum absolute atomic E-state index is 12.2. The second kappa shape index (κ2) is 7.16. The van der Waals surface area contributed by atoms with E-state index in [2.05, 4.69) is 18.2 Å². The molecule has 4 nitrogen and oxygen atoms in total. The summed E-state index contributed by atoms with van der Waals surface area (Å²) in [6, 6.07) is 6.12. The first-order valence-electron chi connectivity index (χ1n) is 8.78. The van der Waals surface area contributed by atoms with Gasteiger partial charge in [0.25, 0.3) is 0 Å². The molecule has 0 spiro atoms. The molecule has 0 bridgehead atoms. The summed E-state index contributed by atoms with van der Waals surface area (Å²) < 4.78 is 0. The summed E-state index contributed by atoms with van der Waals surface area (Å²) in [5.41, 5.74) is 4.26. The molecule has 1 unspecified atom stereocenters. The van der Waals surface area contributed by atoms with Gasteiger partial charge in [0, 0.05) is 13.0 Å². The number of likely N-dealkylation sites (tertiary alicyclic amines) is 1. The fourth-order valence-electron chi connectivity index (χ4n) is 3.85. The number of hydrogen-bond acceptors (Lipinski definition) is 2. The highest BCUT2D eigenvalue weighted by molar-refractivity contribution is 5.84. The van der Waals surface area contributed by atoms with Gasteiger partial charge in [-0.15, -0.1) is 0 Å². The topological polar surface area (TPSA) is 57.6 Å². The quantitative estimate of drug-likeness (QED) is 0.909. The van der Waals surface area contributed by atoms with E-state index in [1.54, 1.807) is 4.90 Å². The van der Waals surface area contributed by atoms with Crippen LogP contribution in [0.15, 0.2) is 18.2 Å². The molecule has 0 radical (unpaired) electrons. The van der Waals surface area contributed by atoms with Crippen molar-refractivity contribution in [2.75, 3.05) is 6.54 Å². The van der Waals surface area contributed by atoms with Gasteiger partial charge >= 0.3 is 5.97 Å². The summed E-state index contributed by atoms with van der Waals surface area (Å²) in [6.45, 7) is 0.592. The van der Waals surface area contributed by atoms with Gasteiger partial charge in [-0.2, -0.15) is 0 Å². The fraction of sp³-hybridized carbons (Fsp3) is 0.579. The smallest absolute Gasteiger partial charge is 0.326 e. The SMILES string of the molecule is O=C(O)C1CCCN1C(=O)CCCc1ccc2c(c1)CCCC2. The molecule has 1 aromatic rings. The lowest BCUT2D eigenvalue weighted by molar-refractivity contribution is -0.148. The summed E-state index contributed by atoms with van der Waals surface area (Å²) in [5, 5.41) is 9.15. The van der Waals surface area contributed by atoms with Crippen LogP contribution in [0.3, 0.4) is 0 Å². The Morgan fingerprint density at radius 1 is 1.13 bits per heavy atom. The van der Waals surface area contributed by atoms with Gasteiger partial charge in [-0.1, -0.05) is 18.2 Å². The van der Waals surface area contributed by atoms with Crippen LogP contribution in [-0.2, 0) is 28.9 Å². The van der Waals surface area contributed by atoms with Crippen LogP contribution in [0.4, 0.5) is 0 Å². The molecular weight excluding hydrogens is 290 g/mol. The molecule has 1 amide bonds. The van der Waals surface area contributed by atoms with Gasteiger partial charge in [-0.25, -0.2) is 4.79 Å². The minimum absolute atomic E-state index is 0.00661. The molecule has 1 aliphatic heterocycles. The van der Waals surface area contributed by atoms with Crippen molar-refractivity contribution < 1.29 is 14.7 Å². The maximum atomic E-state index is 12.2. The number of carbonyl (C=O) groups excluding carboxylic acids is 1. The average Bonchev–Trinajstić information content (AvgIpc) is 3.04. The van der Waals surface area contributed by atoms with Crippen molar-refractivity contribution in [1.82, 2.24) is 4.90 Å². The van der Waals surface area contributed by atoms with Crippen LogP contribution in [0.2, 0.25) is 0 Å². The fourth-order valence-corrected chi connectivity index (χ4v) is 3.85. The zero-order valence-electron chi connectivity index (χ0n) is 13.6. The third kappa shape index (κ3) is 3.74. The molecule has 23 heavy (non-hydrogen) atoms. The van der Waals surface area contributed by atoms with Crippen LogP contribution in [0.25, 0.3) is 0 Å². The molecule has 0 saturated carbocycles. The summed E-state index contributed by atoms with van der Waals surface area (Å²) in [6.07, 6.45) is 8.46. The van der Waals surface area contributed by atoms with E-state index in [1.165, 1.54) is 42.4 Å². The lowest BCUT2D eigenvalue weighted by Crippen LogP contribution is -2.40. The highest BCUT2D eigenvalue weighted by atomic mass is 16.4. The number of carboxylic acids is 1. The molecule has 1 saturated heterocycles. The summed E-state index contributed by atoms with van der Waals surface area (Å²) in [7, 11) is 0. The third-order valence-electron chi connectivity index (χ3n) is 5.13. The van der Waals surface area contributed by atoms with Gasteiger partial charge in [0.05, 0.1) is 0 Å². The number of aryl methyl sites for hydroxylation is 3. The van der Waals surface area contributed by atoms with E-state index in [0.29, 0.717) is 19.4 Å². The highest BCUT2D eigenvalue weighted by Gasteiger charge is 2.33. The van der Waals surface area contributed by atoms with Crippen LogP contribution in [0.1, 0.15) is 55.2 Å². The third-order valence-corrected chi connectivity index (χ3v) is 5.13. The number of amides is 1. The van der Waals surface area contributed by atoms with E-state index in [-0.39, 0.29) is 5.91 Å². The molecule has 1 atom stereocenters. The molecule has 0 aromatic heterocycles. The monoisotopic (exact) mass is 315 g/mol. The standard InChI is InChI=1S/C19H25NO3/c21-18(20-12-4-8-17(20)19(22)23)9-3-5-14-10-11-15-6-1-2-7-16(15)13-14/h10-11,13,17H,1-9,12H2,(H,22,23). The van der Waals surface area contributed by atoms with Crippen molar-refractivity contribution in [2.24, 2.45) is 0 Å². The van der Waals surface area contributed by atoms with E-state index >= 15 is 0 Å². The van der Waals surface area contributed by atoms with Crippen LogP contribution >= 0.6 is 0 Å². The Morgan fingerprint density at radius 2 is 1.91 bits per heavy atom. The molecule has 1 heterocycles. The lowest BCUT2D eigenvalue weighted by atomic mass is 9.89. The zero-order valence-corrected chi connectivity index (χ0v) is 13.6. The number of carboxylic acid groups (broad SMARTS) is 1. The molecule has 1 N–H and O–H groups in total. The van der Waals surface area contributed by atoms with E-state index in [1.807, 2.05) is 0 Å². The number of rotatable bonds is 5. The Hall–Kier alpha value is -1.84. The summed E-state index contributed by atoms with van der Waals surface area (Å²) in [4.78, 5) is 25.0. The predicted octanol–water partition coefficient (Wildman–Crippen LogP) is 2.96. The Bertz CT molecular complexity index is 596. The van der Waals surface area contributed by atoms with Crippen molar-refractivity contribution >= 4 is 11.9 Å². The van der Waals surface area contributed by atoms with Gasteiger partial charge in [0.15, 0.2) is 0 Å². The van der Waals surface area contributed by atoms with E-state index in [4.69, 9.17) is 5.11 Å². The van der Waals surface area contributed by atoms with Crippen molar-refractivity contribution in [3.63, 3.8) is 0 Å². The zero-order chi connectivity index (χ0) is 16.2. The predicted molar refractivity (Wildman–Crippen MR) is 88.4 cm³/mol. The van der Waals surface area contributed by atoms with E-state index < -0.39 is 12.0 Å². The number of hydrogen-bond donors (Lipinski definition) is 1. The number of carbonyl (C=O) groups is 2. The first-order valence-corrected chi connectivity index (χ1v) is 8.78. The average molecular weight is 315 g/mol. The van der Waals surface area contributed by atoms with Gasteiger partial charge in [-0.3, -0.25) is 4.79 Å². The second-order valence-electron chi connectivity index (χ2n) is 6.75. The Morgan fingerprint density at radius 3 is 2.70 bits per heavy atom. The minimum Gasteiger partial charge on any atom is -0.480 e. The minimum atomic E-state index is -0.870. The van der Waals surface area contributed by atoms with Crippen molar-refractivity contribution in [1.29, 1.82) is 0 Å². The second-order valence-corrected chi connectivity index (χ2v) is 6.75. The number of fused-ring (bicyclic) bond motifs is 1. The van der Waals surface area contributed by atoms with Crippen molar-refractivity contribution in [2.45, 2.75) is 63.8 Å². The lowest BCUT2D eigenvalue weighted by Gasteiger charge is -2.21.